The van der Waals surface area contributed by atoms with Crippen LogP contribution in [0.5, 0.6) is 0 Å². The van der Waals surface area contributed by atoms with Gasteiger partial charge in [-0.3, -0.25) is 4.79 Å². The monoisotopic (exact) mass is 212 g/mol. The Morgan fingerprint density at radius 1 is 1.60 bits per heavy atom. The first-order valence-corrected chi connectivity index (χ1v) is 6.23. The molecule has 88 valence electrons. The molecule has 2 nitrogen and oxygen atoms in total. The molecule has 1 aliphatic rings. The Hall–Kier alpha value is -0.530. The van der Waals surface area contributed by atoms with E-state index in [4.69, 9.17) is 0 Å². The van der Waals surface area contributed by atoms with Crippen LogP contribution in [0.25, 0.3) is 0 Å². The van der Waals surface area contributed by atoms with Gasteiger partial charge >= 0.3 is 5.97 Å². The Kier molecular flexibility index (Phi) is 4.18. The zero-order valence-corrected chi connectivity index (χ0v) is 10.3. The smallest absolute Gasteiger partial charge is 0.309 e. The summed E-state index contributed by atoms with van der Waals surface area (Å²) in [5.74, 6) is 0.555. The second-order valence-electron chi connectivity index (χ2n) is 5.50. The van der Waals surface area contributed by atoms with E-state index in [0.717, 1.165) is 32.1 Å². The van der Waals surface area contributed by atoms with E-state index in [9.17, 15) is 9.90 Å². The minimum Gasteiger partial charge on any atom is -0.481 e. The first-order valence-electron chi connectivity index (χ1n) is 6.23. The standard InChI is InChI=1S/C13H24O2/c1-4-10(2)8-13(12(14)15)7-5-6-11(3)9-13/h10-11H,4-9H2,1-3H3,(H,14,15). The van der Waals surface area contributed by atoms with Crippen molar-refractivity contribution in [2.75, 3.05) is 0 Å². The molecule has 0 aromatic heterocycles. The maximum atomic E-state index is 11.5. The van der Waals surface area contributed by atoms with Crippen LogP contribution in [0.3, 0.4) is 0 Å². The lowest BCUT2D eigenvalue weighted by atomic mass is 9.66. The predicted molar refractivity (Wildman–Crippen MR) is 61.8 cm³/mol. The maximum Gasteiger partial charge on any atom is 0.309 e. The van der Waals surface area contributed by atoms with E-state index in [2.05, 4.69) is 20.8 Å². The summed E-state index contributed by atoms with van der Waals surface area (Å²) < 4.78 is 0. The maximum absolute atomic E-state index is 11.5. The summed E-state index contributed by atoms with van der Waals surface area (Å²) >= 11 is 0. The lowest BCUT2D eigenvalue weighted by Crippen LogP contribution is -2.37. The van der Waals surface area contributed by atoms with Crippen LogP contribution in [-0.2, 0) is 4.79 Å². The third-order valence-corrected chi connectivity index (χ3v) is 3.98. The van der Waals surface area contributed by atoms with Crippen LogP contribution in [0, 0.1) is 17.3 Å². The Morgan fingerprint density at radius 3 is 2.73 bits per heavy atom. The molecule has 0 heterocycles. The highest BCUT2D eigenvalue weighted by atomic mass is 16.4. The summed E-state index contributed by atoms with van der Waals surface area (Å²) in [4.78, 5) is 11.5. The number of hydrogen-bond acceptors (Lipinski definition) is 1. The summed E-state index contributed by atoms with van der Waals surface area (Å²) in [7, 11) is 0. The molecular weight excluding hydrogens is 188 g/mol. The number of carbonyl (C=O) groups is 1. The average molecular weight is 212 g/mol. The summed E-state index contributed by atoms with van der Waals surface area (Å²) in [5, 5.41) is 9.45. The van der Waals surface area contributed by atoms with Gasteiger partial charge < -0.3 is 5.11 Å². The van der Waals surface area contributed by atoms with Crippen molar-refractivity contribution >= 4 is 5.97 Å². The van der Waals surface area contributed by atoms with Crippen LogP contribution in [0.15, 0.2) is 0 Å². The third-order valence-electron chi connectivity index (χ3n) is 3.98. The van der Waals surface area contributed by atoms with Gasteiger partial charge in [-0.05, 0) is 31.1 Å². The quantitative estimate of drug-likeness (QED) is 0.771. The molecule has 0 aliphatic heterocycles. The first-order chi connectivity index (χ1) is 7.00. The van der Waals surface area contributed by atoms with E-state index in [0.29, 0.717) is 11.8 Å². The van der Waals surface area contributed by atoms with Gasteiger partial charge in [-0.25, -0.2) is 0 Å². The molecule has 1 saturated carbocycles. The van der Waals surface area contributed by atoms with Crippen LogP contribution in [0.1, 0.15) is 59.3 Å². The zero-order chi connectivity index (χ0) is 11.5. The van der Waals surface area contributed by atoms with Crippen molar-refractivity contribution < 1.29 is 9.90 Å². The highest BCUT2D eigenvalue weighted by Crippen LogP contribution is 2.44. The highest BCUT2D eigenvalue weighted by Gasteiger charge is 2.42. The van der Waals surface area contributed by atoms with E-state index in [1.165, 1.54) is 6.42 Å². The molecule has 0 aromatic rings. The molecule has 3 atom stereocenters. The van der Waals surface area contributed by atoms with Crippen molar-refractivity contribution in [2.24, 2.45) is 17.3 Å². The number of aliphatic carboxylic acids is 1. The van der Waals surface area contributed by atoms with Gasteiger partial charge in [0.1, 0.15) is 0 Å². The molecule has 1 N–H and O–H groups in total. The topological polar surface area (TPSA) is 37.3 Å². The molecular formula is C13H24O2. The molecule has 0 aromatic carbocycles. The van der Waals surface area contributed by atoms with Crippen molar-refractivity contribution in [1.82, 2.24) is 0 Å². The molecule has 0 saturated heterocycles. The van der Waals surface area contributed by atoms with Crippen LogP contribution >= 0.6 is 0 Å². The fourth-order valence-corrected chi connectivity index (χ4v) is 2.94. The van der Waals surface area contributed by atoms with Crippen molar-refractivity contribution in [2.45, 2.75) is 59.3 Å². The van der Waals surface area contributed by atoms with Crippen LogP contribution in [0.2, 0.25) is 0 Å². The van der Waals surface area contributed by atoms with Crippen LogP contribution < -0.4 is 0 Å². The van der Waals surface area contributed by atoms with Crippen molar-refractivity contribution in [3.63, 3.8) is 0 Å². The van der Waals surface area contributed by atoms with Crippen molar-refractivity contribution in [1.29, 1.82) is 0 Å². The lowest BCUT2D eigenvalue weighted by Gasteiger charge is -2.38. The average Bonchev–Trinajstić information content (AvgIpc) is 2.17. The molecule has 0 amide bonds. The first kappa shape index (κ1) is 12.5. The summed E-state index contributed by atoms with van der Waals surface area (Å²) in [6.07, 6.45) is 6.01. The molecule has 15 heavy (non-hydrogen) atoms. The molecule has 2 heteroatoms. The minimum atomic E-state index is -0.561. The fourth-order valence-electron chi connectivity index (χ4n) is 2.94. The summed E-state index contributed by atoms with van der Waals surface area (Å²) in [5.41, 5.74) is -0.410. The van der Waals surface area contributed by atoms with Gasteiger partial charge in [0.2, 0.25) is 0 Å². The molecule has 3 unspecified atom stereocenters. The second kappa shape index (κ2) is 5.00. The molecule has 0 bridgehead atoms. The zero-order valence-electron chi connectivity index (χ0n) is 10.3. The van der Waals surface area contributed by atoms with Crippen molar-refractivity contribution in [3.8, 4) is 0 Å². The molecule has 1 aliphatic carbocycles. The third kappa shape index (κ3) is 2.96. The minimum absolute atomic E-state index is 0.410. The largest absolute Gasteiger partial charge is 0.481 e. The van der Waals surface area contributed by atoms with E-state index in [1.807, 2.05) is 0 Å². The van der Waals surface area contributed by atoms with E-state index in [1.54, 1.807) is 0 Å². The van der Waals surface area contributed by atoms with E-state index >= 15 is 0 Å². The Bertz CT molecular complexity index is 225. The lowest BCUT2D eigenvalue weighted by molar-refractivity contribution is -0.153. The normalized spacial score (nSPS) is 33.7. The summed E-state index contributed by atoms with van der Waals surface area (Å²) in [6, 6.07) is 0. The summed E-state index contributed by atoms with van der Waals surface area (Å²) in [6.45, 7) is 6.50. The molecule has 0 spiro atoms. The van der Waals surface area contributed by atoms with E-state index < -0.39 is 11.4 Å². The van der Waals surface area contributed by atoms with Gasteiger partial charge in [0.15, 0.2) is 0 Å². The molecule has 1 rings (SSSR count). The second-order valence-corrected chi connectivity index (χ2v) is 5.50. The van der Waals surface area contributed by atoms with Gasteiger partial charge in [0, 0.05) is 0 Å². The van der Waals surface area contributed by atoms with Gasteiger partial charge in [-0.2, -0.15) is 0 Å². The number of carboxylic acids is 1. The highest BCUT2D eigenvalue weighted by molar-refractivity contribution is 5.74. The number of carboxylic acid groups (broad SMARTS) is 1. The van der Waals surface area contributed by atoms with Crippen molar-refractivity contribution in [3.05, 3.63) is 0 Å². The fraction of sp³-hybridized carbons (Fsp3) is 0.923. The molecule has 1 fully saturated rings. The van der Waals surface area contributed by atoms with Gasteiger partial charge in [-0.15, -0.1) is 0 Å². The van der Waals surface area contributed by atoms with Gasteiger partial charge in [0.05, 0.1) is 5.41 Å². The van der Waals surface area contributed by atoms with E-state index in [-0.39, 0.29) is 0 Å². The van der Waals surface area contributed by atoms with Gasteiger partial charge in [0.25, 0.3) is 0 Å². The SMILES string of the molecule is CCC(C)CC1(C(=O)O)CCCC(C)C1. The van der Waals surface area contributed by atoms with Crippen LogP contribution in [-0.4, -0.2) is 11.1 Å². The Balaban J connectivity index is 2.73. The number of rotatable bonds is 4. The van der Waals surface area contributed by atoms with Gasteiger partial charge in [-0.1, -0.05) is 40.0 Å². The Morgan fingerprint density at radius 2 is 2.27 bits per heavy atom. The number of hydrogen-bond donors (Lipinski definition) is 1. The Labute approximate surface area is 93.1 Å². The van der Waals surface area contributed by atoms with Crippen LogP contribution in [0.4, 0.5) is 0 Å². The predicted octanol–water partition coefficient (Wildman–Crippen LogP) is 3.70. The molecule has 0 radical (unpaired) electrons.